The molecule has 1 fully saturated rings. The Morgan fingerprint density at radius 2 is 1.75 bits per heavy atom. The number of ether oxygens (including phenoxy) is 2. The molecule has 1 saturated heterocycles. The molecule has 0 bridgehead atoms. The van der Waals surface area contributed by atoms with Gasteiger partial charge in [0.2, 0.25) is 5.91 Å². The summed E-state index contributed by atoms with van der Waals surface area (Å²) >= 11 is 0. The summed E-state index contributed by atoms with van der Waals surface area (Å²) in [5.41, 5.74) is 2.10. The van der Waals surface area contributed by atoms with Crippen molar-refractivity contribution in [1.82, 2.24) is 9.47 Å². The highest BCUT2D eigenvalue weighted by Gasteiger charge is 2.22. The molecule has 6 heteroatoms. The number of piperazine rings is 1. The predicted molar refractivity (Wildman–Crippen MR) is 110 cm³/mol. The van der Waals surface area contributed by atoms with Crippen molar-refractivity contribution in [2.45, 2.75) is 6.54 Å². The van der Waals surface area contributed by atoms with Gasteiger partial charge in [-0.25, -0.2) is 0 Å². The van der Waals surface area contributed by atoms with E-state index in [9.17, 15) is 4.79 Å². The molecule has 6 nitrogen and oxygen atoms in total. The Balaban J connectivity index is 1.42. The smallest absolute Gasteiger partial charge is 0.242 e. The molecule has 3 aromatic rings. The number of fused-ring (bicyclic) bond motifs is 1. The van der Waals surface area contributed by atoms with Crippen LogP contribution in [0.1, 0.15) is 0 Å². The molecule has 1 aliphatic rings. The Kier molecular flexibility index (Phi) is 5.10. The van der Waals surface area contributed by atoms with Crippen molar-refractivity contribution >= 4 is 22.5 Å². The summed E-state index contributed by atoms with van der Waals surface area (Å²) < 4.78 is 12.8. The number of aromatic nitrogens is 1. The number of rotatable bonds is 5. The fourth-order valence-corrected chi connectivity index (χ4v) is 3.79. The van der Waals surface area contributed by atoms with E-state index in [2.05, 4.69) is 11.0 Å². The number of nitrogens with zero attached hydrogens (tertiary/aromatic N) is 3. The largest absolute Gasteiger partial charge is 0.497 e. The minimum absolute atomic E-state index is 0.133. The molecule has 0 N–H and O–H groups in total. The number of carbonyl (C=O) groups is 1. The van der Waals surface area contributed by atoms with Crippen molar-refractivity contribution in [2.75, 3.05) is 45.3 Å². The van der Waals surface area contributed by atoms with E-state index in [1.807, 2.05) is 58.1 Å². The highest BCUT2D eigenvalue weighted by molar-refractivity contribution is 5.88. The number of hydrogen-bond acceptors (Lipinski definition) is 4. The van der Waals surface area contributed by atoms with Gasteiger partial charge in [0, 0.05) is 49.5 Å². The van der Waals surface area contributed by atoms with Crippen molar-refractivity contribution in [3.05, 3.63) is 54.7 Å². The number of carbonyl (C=O) groups excluding carboxylic acids is 1. The van der Waals surface area contributed by atoms with Crippen LogP contribution in [-0.2, 0) is 11.3 Å². The first kappa shape index (κ1) is 18.2. The van der Waals surface area contributed by atoms with Gasteiger partial charge in [0.25, 0.3) is 0 Å². The maximum atomic E-state index is 12.9. The summed E-state index contributed by atoms with van der Waals surface area (Å²) in [6.45, 7) is 3.38. The maximum Gasteiger partial charge on any atom is 0.242 e. The molecular weight excluding hydrogens is 354 g/mol. The summed E-state index contributed by atoms with van der Waals surface area (Å²) in [6, 6.07) is 16.0. The first-order valence-corrected chi connectivity index (χ1v) is 9.48. The number of anilines is 1. The monoisotopic (exact) mass is 379 g/mol. The molecule has 146 valence electrons. The number of amides is 1. The number of benzene rings is 2. The van der Waals surface area contributed by atoms with E-state index >= 15 is 0 Å². The van der Waals surface area contributed by atoms with E-state index in [0.717, 1.165) is 41.2 Å². The van der Waals surface area contributed by atoms with Gasteiger partial charge in [-0.3, -0.25) is 4.79 Å². The van der Waals surface area contributed by atoms with Gasteiger partial charge >= 0.3 is 0 Å². The molecule has 0 aliphatic carbocycles. The van der Waals surface area contributed by atoms with E-state index in [1.54, 1.807) is 14.2 Å². The lowest BCUT2D eigenvalue weighted by atomic mass is 10.2. The van der Waals surface area contributed by atoms with Gasteiger partial charge < -0.3 is 23.8 Å². The minimum atomic E-state index is 0.133. The third-order valence-corrected chi connectivity index (χ3v) is 5.33. The van der Waals surface area contributed by atoms with Crippen molar-refractivity contribution in [3.8, 4) is 11.5 Å². The van der Waals surface area contributed by atoms with Gasteiger partial charge in [-0.15, -0.1) is 0 Å². The summed E-state index contributed by atoms with van der Waals surface area (Å²) in [6.07, 6.45) is 1.96. The number of para-hydroxylation sites is 1. The fraction of sp³-hybridized carbons (Fsp3) is 0.318. The molecule has 28 heavy (non-hydrogen) atoms. The standard InChI is InChI=1S/C22H25N3O3/c1-27-19-7-4-6-18(15-19)23-11-13-24(14-12-23)21(26)16-25-10-9-17-5-3-8-20(28-2)22(17)25/h3-10,15H,11-14,16H2,1-2H3. The Morgan fingerprint density at radius 1 is 0.964 bits per heavy atom. The van der Waals surface area contributed by atoms with Crippen LogP contribution < -0.4 is 14.4 Å². The first-order valence-electron chi connectivity index (χ1n) is 9.48. The molecule has 0 spiro atoms. The van der Waals surface area contributed by atoms with Gasteiger partial charge in [-0.2, -0.15) is 0 Å². The minimum Gasteiger partial charge on any atom is -0.497 e. The van der Waals surface area contributed by atoms with Crippen molar-refractivity contribution in [1.29, 1.82) is 0 Å². The zero-order valence-corrected chi connectivity index (χ0v) is 16.3. The highest BCUT2D eigenvalue weighted by Crippen LogP contribution is 2.27. The molecule has 4 rings (SSSR count). The number of hydrogen-bond donors (Lipinski definition) is 0. The highest BCUT2D eigenvalue weighted by atomic mass is 16.5. The molecule has 1 aliphatic heterocycles. The van der Waals surface area contributed by atoms with Crippen molar-refractivity contribution in [3.63, 3.8) is 0 Å². The third-order valence-electron chi connectivity index (χ3n) is 5.33. The van der Waals surface area contributed by atoms with Gasteiger partial charge in [0.15, 0.2) is 0 Å². The second-order valence-electron chi connectivity index (χ2n) is 6.91. The molecule has 1 amide bonds. The molecular formula is C22H25N3O3. The molecule has 0 atom stereocenters. The molecule has 0 radical (unpaired) electrons. The Hall–Kier alpha value is -3.15. The lowest BCUT2D eigenvalue weighted by Crippen LogP contribution is -2.49. The fourth-order valence-electron chi connectivity index (χ4n) is 3.79. The summed E-state index contributed by atoms with van der Waals surface area (Å²) in [4.78, 5) is 17.1. The van der Waals surface area contributed by atoms with Crippen LogP contribution in [0.5, 0.6) is 11.5 Å². The van der Waals surface area contributed by atoms with Crippen LogP contribution in [0.4, 0.5) is 5.69 Å². The maximum absolute atomic E-state index is 12.9. The Morgan fingerprint density at radius 3 is 2.50 bits per heavy atom. The van der Waals surface area contributed by atoms with Crippen molar-refractivity contribution < 1.29 is 14.3 Å². The van der Waals surface area contributed by atoms with Crippen LogP contribution in [0.25, 0.3) is 10.9 Å². The van der Waals surface area contributed by atoms with Gasteiger partial charge in [-0.1, -0.05) is 18.2 Å². The average molecular weight is 379 g/mol. The molecule has 2 heterocycles. The van der Waals surface area contributed by atoms with E-state index in [-0.39, 0.29) is 5.91 Å². The number of methoxy groups -OCH3 is 2. The van der Waals surface area contributed by atoms with Crippen LogP contribution in [-0.4, -0.2) is 55.8 Å². The van der Waals surface area contributed by atoms with Gasteiger partial charge in [-0.05, 0) is 24.3 Å². The van der Waals surface area contributed by atoms with E-state index < -0.39 is 0 Å². The average Bonchev–Trinajstić information content (AvgIpc) is 3.17. The van der Waals surface area contributed by atoms with E-state index in [4.69, 9.17) is 9.47 Å². The zero-order chi connectivity index (χ0) is 19.5. The summed E-state index contributed by atoms with van der Waals surface area (Å²) in [5.74, 6) is 1.77. The van der Waals surface area contributed by atoms with Gasteiger partial charge in [0.1, 0.15) is 18.0 Å². The zero-order valence-electron chi connectivity index (χ0n) is 16.3. The van der Waals surface area contributed by atoms with E-state index in [0.29, 0.717) is 19.6 Å². The van der Waals surface area contributed by atoms with Gasteiger partial charge in [0.05, 0.1) is 19.7 Å². The molecule has 1 aromatic heterocycles. The SMILES string of the molecule is COc1cccc(N2CCN(C(=O)Cn3ccc4cccc(OC)c43)CC2)c1. The Labute approximate surface area is 164 Å². The Bertz CT molecular complexity index is 974. The summed E-state index contributed by atoms with van der Waals surface area (Å²) in [7, 11) is 3.33. The van der Waals surface area contributed by atoms with Crippen LogP contribution in [0, 0.1) is 0 Å². The van der Waals surface area contributed by atoms with E-state index in [1.165, 1.54) is 0 Å². The van der Waals surface area contributed by atoms with Crippen LogP contribution >= 0.6 is 0 Å². The normalized spacial score (nSPS) is 14.4. The topological polar surface area (TPSA) is 46.9 Å². The molecule has 2 aromatic carbocycles. The quantitative estimate of drug-likeness (QED) is 0.684. The third kappa shape index (κ3) is 3.50. The lowest BCUT2D eigenvalue weighted by Gasteiger charge is -2.36. The van der Waals surface area contributed by atoms with Crippen LogP contribution in [0.3, 0.4) is 0 Å². The second-order valence-corrected chi connectivity index (χ2v) is 6.91. The summed E-state index contributed by atoms with van der Waals surface area (Å²) in [5, 5.41) is 1.08. The van der Waals surface area contributed by atoms with Crippen LogP contribution in [0.2, 0.25) is 0 Å². The van der Waals surface area contributed by atoms with Crippen LogP contribution in [0.15, 0.2) is 54.7 Å². The molecule has 0 saturated carbocycles. The predicted octanol–water partition coefficient (Wildman–Crippen LogP) is 3.01. The first-order chi connectivity index (χ1) is 13.7. The molecule has 0 unspecified atom stereocenters. The second kappa shape index (κ2) is 7.84. The van der Waals surface area contributed by atoms with Crippen molar-refractivity contribution in [2.24, 2.45) is 0 Å². The lowest BCUT2D eigenvalue weighted by molar-refractivity contribution is -0.132.